The Morgan fingerprint density at radius 1 is 1.19 bits per heavy atom. The van der Waals surface area contributed by atoms with Crippen LogP contribution in [0.1, 0.15) is 23.0 Å². The van der Waals surface area contributed by atoms with Crippen molar-refractivity contribution in [3.8, 4) is 5.69 Å². The Bertz CT molecular complexity index is 1040. The molecule has 1 aromatic heterocycles. The number of aryl methyl sites for hydroxylation is 1. The van der Waals surface area contributed by atoms with Crippen molar-refractivity contribution < 1.29 is 9.90 Å². The van der Waals surface area contributed by atoms with Crippen LogP contribution in [0.5, 0.6) is 0 Å². The first-order valence-electron chi connectivity index (χ1n) is 8.81. The zero-order valence-corrected chi connectivity index (χ0v) is 14.9. The van der Waals surface area contributed by atoms with Crippen molar-refractivity contribution in [1.82, 2.24) is 19.7 Å². The van der Waals surface area contributed by atoms with Crippen LogP contribution >= 0.6 is 0 Å². The van der Waals surface area contributed by atoms with Crippen molar-refractivity contribution in [2.75, 3.05) is 0 Å². The topological polar surface area (TPSA) is 89.2 Å². The average Bonchev–Trinajstić information content (AvgIpc) is 3.12. The van der Waals surface area contributed by atoms with Crippen LogP contribution in [0.4, 0.5) is 0 Å². The van der Waals surface area contributed by atoms with E-state index >= 15 is 0 Å². The molecule has 1 amide bonds. The maximum absolute atomic E-state index is 12.7. The molecule has 1 aliphatic rings. The minimum atomic E-state index is -0.674. The Morgan fingerprint density at radius 3 is 2.67 bits per heavy atom. The molecule has 0 radical (unpaired) electrons. The molecule has 4 rings (SSSR count). The van der Waals surface area contributed by atoms with Crippen LogP contribution in [0.3, 0.4) is 0 Å². The van der Waals surface area contributed by atoms with E-state index in [0.29, 0.717) is 17.9 Å². The van der Waals surface area contributed by atoms with E-state index < -0.39 is 12.1 Å². The number of hydrogen-bond donors (Lipinski definition) is 2. The lowest BCUT2D eigenvalue weighted by Gasteiger charge is -2.17. The van der Waals surface area contributed by atoms with Crippen LogP contribution in [0, 0.1) is 6.92 Å². The van der Waals surface area contributed by atoms with Gasteiger partial charge in [-0.3, -0.25) is 4.79 Å². The van der Waals surface area contributed by atoms with Crippen LogP contribution in [0.2, 0.25) is 0 Å². The Balaban J connectivity index is 1.54. The second kappa shape index (κ2) is 6.85. The van der Waals surface area contributed by atoms with E-state index in [0.717, 1.165) is 15.8 Å². The number of aliphatic hydroxyl groups is 1. The smallest absolute Gasteiger partial charge is 0.351 e. The molecular formula is C20H20N4O3. The molecule has 3 aromatic rings. The number of aromatic nitrogens is 3. The molecule has 7 nitrogen and oxygen atoms in total. The molecule has 7 heteroatoms. The number of rotatable bonds is 4. The molecule has 1 aliphatic carbocycles. The molecular weight excluding hydrogens is 344 g/mol. The summed E-state index contributed by atoms with van der Waals surface area (Å²) in [6.45, 7) is 1.52. The normalized spacial score (nSPS) is 18.3. The second-order valence-electron chi connectivity index (χ2n) is 6.67. The SMILES string of the molecule is Cc1nn(CC(=O)NC2c3ccccc3CC2O)c(=O)n1-c1ccccc1. The number of nitrogens with zero attached hydrogens (tertiary/aromatic N) is 3. The number of fused-ring (bicyclic) bond motifs is 1. The van der Waals surface area contributed by atoms with Gasteiger partial charge in [-0.1, -0.05) is 42.5 Å². The summed E-state index contributed by atoms with van der Waals surface area (Å²) in [5, 5.41) is 17.3. The molecule has 2 aromatic carbocycles. The lowest BCUT2D eigenvalue weighted by atomic mass is 10.1. The second-order valence-corrected chi connectivity index (χ2v) is 6.67. The minimum absolute atomic E-state index is 0.203. The molecule has 2 atom stereocenters. The number of carbonyl (C=O) groups excluding carboxylic acids is 1. The van der Waals surface area contributed by atoms with Crippen molar-refractivity contribution in [2.45, 2.75) is 32.0 Å². The summed E-state index contributed by atoms with van der Waals surface area (Å²) in [4.78, 5) is 25.2. The van der Waals surface area contributed by atoms with Gasteiger partial charge in [0.2, 0.25) is 5.91 Å². The van der Waals surface area contributed by atoms with Crippen molar-refractivity contribution in [3.63, 3.8) is 0 Å². The fourth-order valence-corrected chi connectivity index (χ4v) is 3.60. The highest BCUT2D eigenvalue weighted by Crippen LogP contribution is 2.31. The summed E-state index contributed by atoms with van der Waals surface area (Å²) in [6.07, 6.45) is -0.172. The van der Waals surface area contributed by atoms with Gasteiger partial charge >= 0.3 is 5.69 Å². The number of carbonyl (C=O) groups is 1. The van der Waals surface area contributed by atoms with E-state index in [1.807, 2.05) is 54.6 Å². The predicted octanol–water partition coefficient (Wildman–Crippen LogP) is 1.12. The molecule has 0 fully saturated rings. The Hall–Kier alpha value is -3.19. The van der Waals surface area contributed by atoms with Crippen molar-refractivity contribution in [2.24, 2.45) is 0 Å². The van der Waals surface area contributed by atoms with Crippen molar-refractivity contribution in [3.05, 3.63) is 82.0 Å². The van der Waals surface area contributed by atoms with E-state index in [4.69, 9.17) is 0 Å². The van der Waals surface area contributed by atoms with Gasteiger partial charge in [0.15, 0.2) is 0 Å². The third kappa shape index (κ3) is 3.17. The van der Waals surface area contributed by atoms with Gasteiger partial charge in [0.1, 0.15) is 12.4 Å². The van der Waals surface area contributed by atoms with Gasteiger partial charge < -0.3 is 10.4 Å². The Morgan fingerprint density at radius 2 is 1.89 bits per heavy atom. The number of hydrogen-bond acceptors (Lipinski definition) is 4. The molecule has 0 saturated carbocycles. The van der Waals surface area contributed by atoms with E-state index in [1.165, 1.54) is 4.57 Å². The molecule has 27 heavy (non-hydrogen) atoms. The van der Waals surface area contributed by atoms with Gasteiger partial charge in [0, 0.05) is 6.42 Å². The number of para-hydroxylation sites is 1. The first kappa shape index (κ1) is 17.2. The van der Waals surface area contributed by atoms with Crippen LogP contribution < -0.4 is 11.0 Å². The van der Waals surface area contributed by atoms with E-state index in [-0.39, 0.29) is 18.1 Å². The molecule has 0 bridgehead atoms. The highest BCUT2D eigenvalue weighted by atomic mass is 16.3. The summed E-state index contributed by atoms with van der Waals surface area (Å²) in [5.41, 5.74) is 2.27. The highest BCUT2D eigenvalue weighted by molar-refractivity contribution is 5.76. The fourth-order valence-electron chi connectivity index (χ4n) is 3.60. The third-order valence-corrected chi connectivity index (χ3v) is 4.83. The third-order valence-electron chi connectivity index (χ3n) is 4.83. The summed E-state index contributed by atoms with van der Waals surface area (Å²) < 4.78 is 2.61. The number of benzene rings is 2. The van der Waals surface area contributed by atoms with E-state index in [2.05, 4.69) is 10.4 Å². The highest BCUT2D eigenvalue weighted by Gasteiger charge is 2.32. The molecule has 2 unspecified atom stereocenters. The van der Waals surface area contributed by atoms with Crippen LogP contribution in [0.25, 0.3) is 5.69 Å². The first-order chi connectivity index (χ1) is 13.0. The standard InChI is InChI=1S/C20H20N4O3/c1-13-22-23(20(27)24(13)15-8-3-2-4-9-15)12-18(26)21-19-16-10-6-5-7-14(16)11-17(19)25/h2-10,17,19,25H,11-12H2,1H3,(H,21,26). The maximum atomic E-state index is 12.7. The number of nitrogens with one attached hydrogen (secondary N) is 1. The van der Waals surface area contributed by atoms with Crippen LogP contribution in [0.15, 0.2) is 59.4 Å². The lowest BCUT2D eigenvalue weighted by Crippen LogP contribution is -2.38. The van der Waals surface area contributed by atoms with Gasteiger partial charge in [0.05, 0.1) is 17.8 Å². The van der Waals surface area contributed by atoms with Crippen LogP contribution in [-0.2, 0) is 17.8 Å². The summed E-state index contributed by atoms with van der Waals surface area (Å²) in [6, 6.07) is 16.3. The fraction of sp³-hybridized carbons (Fsp3) is 0.250. The number of amides is 1. The molecule has 0 aliphatic heterocycles. The van der Waals surface area contributed by atoms with Gasteiger partial charge in [-0.2, -0.15) is 5.10 Å². The van der Waals surface area contributed by atoms with E-state index in [9.17, 15) is 14.7 Å². The predicted molar refractivity (Wildman–Crippen MR) is 99.6 cm³/mol. The molecule has 0 spiro atoms. The molecule has 2 N–H and O–H groups in total. The summed E-state index contributed by atoms with van der Waals surface area (Å²) in [5.74, 6) is 0.140. The molecule has 138 valence electrons. The molecule has 1 heterocycles. The van der Waals surface area contributed by atoms with Gasteiger partial charge in [-0.05, 0) is 30.2 Å². The lowest BCUT2D eigenvalue weighted by molar-refractivity contribution is -0.123. The largest absolute Gasteiger partial charge is 0.390 e. The summed E-state index contributed by atoms with van der Waals surface area (Å²) >= 11 is 0. The zero-order chi connectivity index (χ0) is 19.0. The minimum Gasteiger partial charge on any atom is -0.390 e. The molecule has 0 saturated heterocycles. The monoisotopic (exact) mass is 364 g/mol. The van der Waals surface area contributed by atoms with Crippen LogP contribution in [-0.4, -0.2) is 31.5 Å². The first-order valence-corrected chi connectivity index (χ1v) is 8.81. The Kier molecular flexibility index (Phi) is 4.37. The number of aliphatic hydroxyl groups excluding tert-OH is 1. The maximum Gasteiger partial charge on any atom is 0.351 e. The van der Waals surface area contributed by atoms with Crippen molar-refractivity contribution in [1.29, 1.82) is 0 Å². The van der Waals surface area contributed by atoms with Gasteiger partial charge in [-0.25, -0.2) is 14.0 Å². The van der Waals surface area contributed by atoms with Crippen molar-refractivity contribution >= 4 is 5.91 Å². The zero-order valence-electron chi connectivity index (χ0n) is 14.9. The quantitative estimate of drug-likeness (QED) is 0.726. The van der Waals surface area contributed by atoms with Gasteiger partial charge in [0.25, 0.3) is 0 Å². The van der Waals surface area contributed by atoms with E-state index in [1.54, 1.807) is 6.92 Å². The van der Waals surface area contributed by atoms with Gasteiger partial charge in [-0.15, -0.1) is 0 Å². The summed E-state index contributed by atoms with van der Waals surface area (Å²) in [7, 11) is 0. The average molecular weight is 364 g/mol. The Labute approximate surface area is 155 Å².